The van der Waals surface area contributed by atoms with Gasteiger partial charge in [-0.05, 0) is 128 Å². The second kappa shape index (κ2) is 15.4. The van der Waals surface area contributed by atoms with E-state index < -0.39 is 11.9 Å². The summed E-state index contributed by atoms with van der Waals surface area (Å²) in [6.45, 7) is 3.08. The molecule has 55 heavy (non-hydrogen) atoms. The van der Waals surface area contributed by atoms with E-state index in [0.717, 1.165) is 44.7 Å². The number of phenols is 2. The van der Waals surface area contributed by atoms with Crippen molar-refractivity contribution in [2.24, 2.45) is 5.92 Å². The van der Waals surface area contributed by atoms with Gasteiger partial charge >= 0.3 is 5.97 Å². The van der Waals surface area contributed by atoms with E-state index in [0.29, 0.717) is 55.2 Å². The number of carbonyl (C=O) groups is 4. The van der Waals surface area contributed by atoms with Gasteiger partial charge in [0.2, 0.25) is 11.8 Å². The van der Waals surface area contributed by atoms with Crippen LogP contribution in [0.2, 0.25) is 0 Å². The molecule has 2 fully saturated rings. The Morgan fingerprint density at radius 2 is 1.60 bits per heavy atom. The van der Waals surface area contributed by atoms with Gasteiger partial charge in [-0.3, -0.25) is 29.4 Å². The minimum Gasteiger partial charge on any atom is -0.508 e. The van der Waals surface area contributed by atoms with Crippen LogP contribution in [-0.4, -0.2) is 76.0 Å². The molecule has 4 aromatic carbocycles. The van der Waals surface area contributed by atoms with Crippen LogP contribution >= 0.6 is 11.3 Å². The predicted octanol–water partition coefficient (Wildman–Crippen LogP) is 6.37. The molecule has 4 heterocycles. The first-order valence-corrected chi connectivity index (χ1v) is 19.1. The Bertz CT molecular complexity index is 2260. The number of carbonyl (C=O) groups excluding carboxylic acids is 4. The molecule has 1 unspecified atom stereocenters. The van der Waals surface area contributed by atoms with Gasteiger partial charge in [-0.1, -0.05) is 6.07 Å². The fourth-order valence-electron chi connectivity index (χ4n) is 7.36. The van der Waals surface area contributed by atoms with Gasteiger partial charge in [0.05, 0.1) is 10.8 Å². The van der Waals surface area contributed by atoms with Crippen LogP contribution in [0.5, 0.6) is 28.7 Å². The van der Waals surface area contributed by atoms with Crippen molar-refractivity contribution in [3.8, 4) is 39.2 Å². The number of ether oxygens (including phenoxy) is 3. The molecule has 3 amide bonds. The lowest BCUT2D eigenvalue weighted by molar-refractivity contribution is -0.151. The van der Waals surface area contributed by atoms with Crippen molar-refractivity contribution in [1.29, 1.82) is 0 Å². The van der Waals surface area contributed by atoms with Crippen LogP contribution < -0.4 is 14.8 Å². The fraction of sp³-hybridized carbons (Fsp3) is 0.286. The van der Waals surface area contributed by atoms with Crippen molar-refractivity contribution < 1.29 is 43.6 Å². The molecule has 0 saturated carbocycles. The molecule has 2 saturated heterocycles. The van der Waals surface area contributed by atoms with E-state index in [9.17, 15) is 29.4 Å². The molecular formula is C42H39N3O9S. The molecule has 3 aliphatic heterocycles. The summed E-state index contributed by atoms with van der Waals surface area (Å²) in [4.78, 5) is 54.5. The van der Waals surface area contributed by atoms with Crippen LogP contribution in [0.1, 0.15) is 47.2 Å². The maximum absolute atomic E-state index is 13.0. The third kappa shape index (κ3) is 7.84. The molecule has 282 valence electrons. The van der Waals surface area contributed by atoms with Crippen molar-refractivity contribution in [2.45, 2.75) is 44.9 Å². The third-order valence-electron chi connectivity index (χ3n) is 10.4. The number of esters is 1. The van der Waals surface area contributed by atoms with Gasteiger partial charge in [-0.2, -0.15) is 0 Å². The first-order chi connectivity index (χ1) is 26.7. The normalized spacial score (nSPS) is 17.6. The Hall–Kier alpha value is -5.92. The molecule has 13 heteroatoms. The highest BCUT2D eigenvalue weighted by atomic mass is 32.1. The molecule has 1 atom stereocenters. The van der Waals surface area contributed by atoms with Crippen molar-refractivity contribution in [1.82, 2.24) is 15.1 Å². The van der Waals surface area contributed by atoms with Gasteiger partial charge in [-0.25, -0.2) is 0 Å². The number of thiophene rings is 1. The lowest BCUT2D eigenvalue weighted by atomic mass is 9.97. The predicted molar refractivity (Wildman–Crippen MR) is 204 cm³/mol. The number of nitrogens with one attached hydrogen (secondary N) is 1. The monoisotopic (exact) mass is 761 g/mol. The van der Waals surface area contributed by atoms with Crippen LogP contribution in [0.4, 0.5) is 0 Å². The number of rotatable bonds is 11. The summed E-state index contributed by atoms with van der Waals surface area (Å²) in [5.74, 6) is 0.954. The summed E-state index contributed by atoms with van der Waals surface area (Å²) in [5.41, 5.74) is 2.97. The van der Waals surface area contributed by atoms with E-state index in [-0.39, 0.29) is 54.8 Å². The lowest BCUT2D eigenvalue weighted by Crippen LogP contribution is -2.52. The largest absolute Gasteiger partial charge is 0.508 e. The van der Waals surface area contributed by atoms with Gasteiger partial charge in [0.15, 0.2) is 5.75 Å². The first-order valence-electron chi connectivity index (χ1n) is 18.3. The SMILES string of the molecule is O=C1CCC(N2Cc3cc(COC(=O)C4CCN(CCOc5ccc(Oc6c(-c7ccc(O)cc7)sc7cc(O)ccc67)cc5)CC4)ccc3C2=O)C(=O)N1. The Morgan fingerprint density at radius 3 is 2.36 bits per heavy atom. The minimum absolute atomic E-state index is 0.102. The third-order valence-corrected chi connectivity index (χ3v) is 11.6. The minimum atomic E-state index is -0.673. The van der Waals surface area contributed by atoms with Gasteiger partial charge in [-0.15, -0.1) is 11.3 Å². The van der Waals surface area contributed by atoms with Crippen LogP contribution in [0, 0.1) is 5.92 Å². The molecule has 8 rings (SSSR count). The van der Waals surface area contributed by atoms with Gasteiger partial charge in [0.25, 0.3) is 5.91 Å². The summed E-state index contributed by atoms with van der Waals surface area (Å²) in [5, 5.41) is 23.0. The number of aromatic hydroxyl groups is 2. The quantitative estimate of drug-likeness (QED) is 0.102. The second-order valence-corrected chi connectivity index (χ2v) is 15.1. The lowest BCUT2D eigenvalue weighted by Gasteiger charge is -2.30. The molecule has 0 radical (unpaired) electrons. The number of likely N-dealkylation sites (tertiary alicyclic amines) is 1. The molecular weight excluding hydrogens is 723 g/mol. The van der Waals surface area contributed by atoms with E-state index in [1.54, 1.807) is 36.4 Å². The van der Waals surface area contributed by atoms with E-state index in [4.69, 9.17) is 14.2 Å². The zero-order valence-corrected chi connectivity index (χ0v) is 30.7. The highest BCUT2D eigenvalue weighted by Gasteiger charge is 2.39. The average molecular weight is 762 g/mol. The number of amides is 3. The Labute approximate surface area is 320 Å². The maximum atomic E-state index is 13.0. The topological polar surface area (TPSA) is 155 Å². The van der Waals surface area contributed by atoms with E-state index >= 15 is 0 Å². The van der Waals surface area contributed by atoms with Crippen LogP contribution in [-0.2, 0) is 32.3 Å². The summed E-state index contributed by atoms with van der Waals surface area (Å²) >= 11 is 1.51. The molecule has 0 aliphatic carbocycles. The smallest absolute Gasteiger partial charge is 0.309 e. The number of fused-ring (bicyclic) bond motifs is 2. The molecule has 3 N–H and O–H groups in total. The van der Waals surface area contributed by atoms with Crippen LogP contribution in [0.25, 0.3) is 20.5 Å². The van der Waals surface area contributed by atoms with Crippen LogP contribution in [0.15, 0.2) is 84.9 Å². The van der Waals surface area contributed by atoms with Crippen molar-refractivity contribution in [3.63, 3.8) is 0 Å². The van der Waals surface area contributed by atoms with E-state index in [1.807, 2.05) is 48.5 Å². The summed E-state index contributed by atoms with van der Waals surface area (Å²) in [6.07, 6.45) is 1.88. The van der Waals surface area contributed by atoms with E-state index in [2.05, 4.69) is 10.2 Å². The standard InChI is InChI=1S/C42H39N3O9S/c46-29-4-2-26(3-5-29)39-38(34-12-6-30(47)22-36(34)55-39)54-32-9-7-31(8-10-32)52-20-19-44-17-15-27(16-18-44)42(51)53-24-25-1-11-33-28(21-25)23-45(41(33)50)35-13-14-37(48)43-40(35)49/h1-12,21-22,27,35,46-47H,13-20,23-24H2,(H,43,48,49). The summed E-state index contributed by atoms with van der Waals surface area (Å²) in [7, 11) is 0. The number of hydrogen-bond donors (Lipinski definition) is 3. The van der Waals surface area contributed by atoms with Crippen LogP contribution in [0.3, 0.4) is 0 Å². The second-order valence-electron chi connectivity index (χ2n) is 14.0. The highest BCUT2D eigenvalue weighted by Crippen LogP contribution is 2.47. The zero-order chi connectivity index (χ0) is 38.1. The molecule has 3 aliphatic rings. The molecule has 12 nitrogen and oxygen atoms in total. The Kier molecular flexibility index (Phi) is 10.1. The first kappa shape index (κ1) is 36.1. The van der Waals surface area contributed by atoms with Gasteiger partial charge in [0, 0.05) is 35.2 Å². The molecule has 0 spiro atoms. The number of imide groups is 1. The zero-order valence-electron chi connectivity index (χ0n) is 29.9. The average Bonchev–Trinajstić information content (AvgIpc) is 3.70. The number of piperidine rings is 2. The fourth-order valence-corrected chi connectivity index (χ4v) is 8.53. The maximum Gasteiger partial charge on any atom is 0.309 e. The van der Waals surface area contributed by atoms with Crippen molar-refractivity contribution in [3.05, 3.63) is 102 Å². The van der Waals surface area contributed by atoms with Gasteiger partial charge in [0.1, 0.15) is 42.3 Å². The number of benzene rings is 4. The Balaban J connectivity index is 0.784. The molecule has 0 bridgehead atoms. The number of phenolic OH excluding ortho intramolecular Hbond substituents is 2. The summed E-state index contributed by atoms with van der Waals surface area (Å²) in [6, 6.07) is 24.2. The molecule has 1 aromatic heterocycles. The number of nitrogens with zero attached hydrogens (tertiary/aromatic N) is 2. The highest BCUT2D eigenvalue weighted by molar-refractivity contribution is 7.22. The number of hydrogen-bond acceptors (Lipinski definition) is 11. The van der Waals surface area contributed by atoms with Crippen molar-refractivity contribution in [2.75, 3.05) is 26.2 Å². The van der Waals surface area contributed by atoms with Gasteiger partial charge < -0.3 is 29.3 Å². The van der Waals surface area contributed by atoms with Crippen molar-refractivity contribution >= 4 is 45.1 Å². The van der Waals surface area contributed by atoms with E-state index in [1.165, 1.54) is 16.2 Å². The Morgan fingerprint density at radius 1 is 0.855 bits per heavy atom. The molecule has 5 aromatic rings. The summed E-state index contributed by atoms with van der Waals surface area (Å²) < 4.78 is 19.0.